The van der Waals surface area contributed by atoms with E-state index in [4.69, 9.17) is 9.84 Å². The van der Waals surface area contributed by atoms with Gasteiger partial charge < -0.3 is 15.2 Å². The van der Waals surface area contributed by atoms with E-state index in [1.807, 2.05) is 0 Å². The third kappa shape index (κ3) is 4.86. The van der Waals surface area contributed by atoms with E-state index in [1.165, 1.54) is 6.20 Å². The maximum absolute atomic E-state index is 12.6. The molecule has 2 N–H and O–H groups in total. The van der Waals surface area contributed by atoms with Gasteiger partial charge in [-0.25, -0.2) is 4.98 Å². The normalized spacial score (nSPS) is 11.1. The number of aromatic nitrogens is 1. The van der Waals surface area contributed by atoms with Crippen LogP contribution in [0.4, 0.5) is 18.9 Å². The van der Waals surface area contributed by atoms with E-state index >= 15 is 0 Å². The summed E-state index contributed by atoms with van der Waals surface area (Å²) in [5.74, 6) is 0.277. The summed E-state index contributed by atoms with van der Waals surface area (Å²) in [5.41, 5.74) is 0.394. The topological polar surface area (TPSA) is 71.5 Å². The van der Waals surface area contributed by atoms with Crippen LogP contribution in [-0.4, -0.2) is 16.0 Å². The van der Waals surface area contributed by atoms with E-state index in [-0.39, 0.29) is 12.2 Å². The Morgan fingerprint density at radius 2 is 1.68 bits per heavy atom. The Bertz CT molecular complexity index is 938. The maximum atomic E-state index is 12.6. The second-order valence-electron chi connectivity index (χ2n) is 5.82. The molecular weight excluding hydrogens is 373 g/mol. The number of carbonyl (C=O) groups excluding carboxylic acids is 1. The smallest absolute Gasteiger partial charge is 0.416 e. The van der Waals surface area contributed by atoms with E-state index in [2.05, 4.69) is 10.3 Å². The third-order valence-electron chi connectivity index (χ3n) is 3.80. The average Bonchev–Trinajstić information content (AvgIpc) is 2.69. The lowest BCUT2D eigenvalue weighted by molar-refractivity contribution is -0.137. The van der Waals surface area contributed by atoms with Crippen LogP contribution in [-0.2, 0) is 12.8 Å². The second-order valence-corrected chi connectivity index (χ2v) is 5.82. The minimum atomic E-state index is -4.45. The fraction of sp³-hybridized carbons (Fsp3) is 0.100. The van der Waals surface area contributed by atoms with Crippen molar-refractivity contribution >= 4 is 11.6 Å². The van der Waals surface area contributed by atoms with Crippen LogP contribution in [0.3, 0.4) is 0 Å². The van der Waals surface area contributed by atoms with Crippen LogP contribution >= 0.6 is 0 Å². The molecule has 5 nitrogen and oxygen atoms in total. The van der Waals surface area contributed by atoms with Crippen molar-refractivity contribution in [3.05, 3.63) is 83.6 Å². The fourth-order valence-corrected chi connectivity index (χ4v) is 2.31. The Kier molecular flexibility index (Phi) is 5.60. The quantitative estimate of drug-likeness (QED) is 0.668. The number of anilines is 1. The second kappa shape index (κ2) is 8.10. The van der Waals surface area contributed by atoms with Gasteiger partial charge in [-0.1, -0.05) is 12.1 Å². The number of carbonyl (C=O) groups is 1. The molecule has 2 aromatic carbocycles. The molecule has 0 bridgehead atoms. The van der Waals surface area contributed by atoms with Crippen LogP contribution in [0.2, 0.25) is 0 Å². The van der Waals surface area contributed by atoms with Crippen LogP contribution in [0.5, 0.6) is 11.6 Å². The molecule has 28 heavy (non-hydrogen) atoms. The monoisotopic (exact) mass is 388 g/mol. The molecule has 0 fully saturated rings. The first kappa shape index (κ1) is 19.4. The highest BCUT2D eigenvalue weighted by Crippen LogP contribution is 2.29. The van der Waals surface area contributed by atoms with E-state index in [0.29, 0.717) is 17.3 Å². The van der Waals surface area contributed by atoms with Crippen molar-refractivity contribution in [2.75, 3.05) is 5.32 Å². The summed E-state index contributed by atoms with van der Waals surface area (Å²) < 4.78 is 43.3. The van der Waals surface area contributed by atoms with Gasteiger partial charge in [-0.2, -0.15) is 13.2 Å². The SMILES string of the molecule is O=C(Nc1ccc(Oc2ccc(CO)cc2)nc1)c1ccc(C(F)(F)F)cc1. The van der Waals surface area contributed by atoms with Crippen molar-refractivity contribution in [3.63, 3.8) is 0 Å². The molecule has 0 spiro atoms. The molecule has 0 atom stereocenters. The van der Waals surface area contributed by atoms with E-state index in [0.717, 1.165) is 29.8 Å². The molecule has 0 radical (unpaired) electrons. The highest BCUT2D eigenvalue weighted by molar-refractivity contribution is 6.04. The molecule has 0 saturated heterocycles. The molecule has 0 aliphatic heterocycles. The third-order valence-corrected chi connectivity index (χ3v) is 3.80. The highest BCUT2D eigenvalue weighted by Gasteiger charge is 2.30. The molecule has 0 aliphatic carbocycles. The first-order chi connectivity index (χ1) is 13.3. The molecule has 3 rings (SSSR count). The van der Waals surface area contributed by atoms with Crippen LogP contribution < -0.4 is 10.1 Å². The molecular formula is C20H15F3N2O3. The number of nitrogens with zero attached hydrogens (tertiary/aromatic N) is 1. The Hall–Kier alpha value is -3.39. The van der Waals surface area contributed by atoms with Crippen LogP contribution in [0.25, 0.3) is 0 Å². The van der Waals surface area contributed by atoms with E-state index in [1.54, 1.807) is 36.4 Å². The molecule has 0 saturated carbocycles. The Morgan fingerprint density at radius 1 is 1.00 bits per heavy atom. The van der Waals surface area contributed by atoms with Gasteiger partial charge in [0.15, 0.2) is 0 Å². The van der Waals surface area contributed by atoms with Crippen LogP contribution in [0.15, 0.2) is 66.9 Å². The molecule has 144 valence electrons. The Balaban J connectivity index is 1.62. The number of rotatable bonds is 5. The summed E-state index contributed by atoms with van der Waals surface area (Å²) in [6.45, 7) is -0.0636. The summed E-state index contributed by atoms with van der Waals surface area (Å²) in [6.07, 6.45) is -3.08. The predicted molar refractivity (Wildman–Crippen MR) is 96.1 cm³/mol. The first-order valence-corrected chi connectivity index (χ1v) is 8.17. The number of benzene rings is 2. The summed E-state index contributed by atoms with van der Waals surface area (Å²) >= 11 is 0. The minimum Gasteiger partial charge on any atom is -0.439 e. The molecule has 8 heteroatoms. The van der Waals surface area contributed by atoms with Gasteiger partial charge in [0.2, 0.25) is 5.88 Å². The van der Waals surface area contributed by atoms with Crippen molar-refractivity contribution in [1.82, 2.24) is 4.98 Å². The van der Waals surface area contributed by atoms with Crippen molar-refractivity contribution < 1.29 is 27.8 Å². The van der Waals surface area contributed by atoms with Gasteiger partial charge in [0.1, 0.15) is 5.75 Å². The number of hydrogen-bond acceptors (Lipinski definition) is 4. The zero-order valence-electron chi connectivity index (χ0n) is 14.4. The highest BCUT2D eigenvalue weighted by atomic mass is 19.4. The van der Waals surface area contributed by atoms with Gasteiger partial charge in [0.25, 0.3) is 5.91 Å². The maximum Gasteiger partial charge on any atom is 0.416 e. The summed E-state index contributed by atoms with van der Waals surface area (Å²) in [7, 11) is 0. The lowest BCUT2D eigenvalue weighted by Gasteiger charge is -2.09. The van der Waals surface area contributed by atoms with Crippen molar-refractivity contribution in [1.29, 1.82) is 0 Å². The number of alkyl halides is 3. The zero-order valence-corrected chi connectivity index (χ0v) is 14.4. The number of nitrogens with one attached hydrogen (secondary N) is 1. The van der Waals surface area contributed by atoms with E-state index < -0.39 is 17.6 Å². The predicted octanol–water partition coefficient (Wildman–Crippen LogP) is 4.64. The van der Waals surface area contributed by atoms with Gasteiger partial charge in [-0.15, -0.1) is 0 Å². The molecule has 0 aliphatic rings. The first-order valence-electron chi connectivity index (χ1n) is 8.17. The van der Waals surface area contributed by atoms with Crippen LogP contribution in [0, 0.1) is 0 Å². The van der Waals surface area contributed by atoms with Gasteiger partial charge in [0.05, 0.1) is 24.1 Å². The number of ether oxygens (including phenoxy) is 1. The molecule has 0 unspecified atom stereocenters. The van der Waals surface area contributed by atoms with Gasteiger partial charge >= 0.3 is 6.18 Å². The number of halogens is 3. The van der Waals surface area contributed by atoms with Gasteiger partial charge in [-0.05, 0) is 48.0 Å². The molecule has 3 aromatic rings. The number of amides is 1. The summed E-state index contributed by atoms with van der Waals surface area (Å²) in [4.78, 5) is 16.2. The van der Waals surface area contributed by atoms with Crippen LogP contribution in [0.1, 0.15) is 21.5 Å². The van der Waals surface area contributed by atoms with Crippen molar-refractivity contribution in [2.24, 2.45) is 0 Å². The number of hydrogen-bond donors (Lipinski definition) is 2. The zero-order chi connectivity index (χ0) is 20.1. The van der Waals surface area contributed by atoms with Crippen molar-refractivity contribution in [3.8, 4) is 11.6 Å². The lowest BCUT2D eigenvalue weighted by atomic mass is 10.1. The Labute approximate surface area is 158 Å². The summed E-state index contributed by atoms with van der Waals surface area (Å²) in [6, 6.07) is 13.8. The minimum absolute atomic E-state index is 0.0636. The van der Waals surface area contributed by atoms with Gasteiger partial charge in [0, 0.05) is 11.6 Å². The fourth-order valence-electron chi connectivity index (χ4n) is 2.31. The molecule has 1 amide bonds. The number of aliphatic hydroxyl groups excluding tert-OH is 1. The van der Waals surface area contributed by atoms with Gasteiger partial charge in [-0.3, -0.25) is 4.79 Å². The molecule has 1 aromatic heterocycles. The standard InChI is InChI=1S/C20H15F3N2O3/c21-20(22,23)15-5-3-14(4-6-15)19(27)25-16-7-10-18(24-11-16)28-17-8-1-13(12-26)2-9-17/h1-11,26H,12H2,(H,25,27). The molecule has 1 heterocycles. The van der Waals surface area contributed by atoms with E-state index in [9.17, 15) is 18.0 Å². The summed E-state index contributed by atoms with van der Waals surface area (Å²) in [5, 5.41) is 11.6. The average molecular weight is 388 g/mol. The Morgan fingerprint density at radius 3 is 2.21 bits per heavy atom. The van der Waals surface area contributed by atoms with Crippen molar-refractivity contribution in [2.45, 2.75) is 12.8 Å². The number of aliphatic hydroxyl groups is 1. The lowest BCUT2D eigenvalue weighted by Crippen LogP contribution is -2.13. The number of pyridine rings is 1. The largest absolute Gasteiger partial charge is 0.439 e.